The van der Waals surface area contributed by atoms with E-state index < -0.39 is 0 Å². The highest BCUT2D eigenvalue weighted by atomic mass is 16.5. The summed E-state index contributed by atoms with van der Waals surface area (Å²) < 4.78 is 10.6. The molecule has 1 aliphatic rings. The van der Waals surface area contributed by atoms with E-state index in [0.717, 1.165) is 37.3 Å². The lowest BCUT2D eigenvalue weighted by Gasteiger charge is -2.07. The van der Waals surface area contributed by atoms with Crippen LogP contribution in [0.4, 0.5) is 0 Å². The van der Waals surface area contributed by atoms with Crippen LogP contribution in [0.25, 0.3) is 0 Å². The Morgan fingerprint density at radius 1 is 1.67 bits per heavy atom. The van der Waals surface area contributed by atoms with Crippen molar-refractivity contribution < 1.29 is 9.26 Å². The first-order valence-corrected chi connectivity index (χ1v) is 6.31. The van der Waals surface area contributed by atoms with Crippen LogP contribution in [0.15, 0.2) is 15.6 Å². The highest BCUT2D eigenvalue weighted by Gasteiger charge is 2.14. The zero-order valence-corrected chi connectivity index (χ0v) is 10.7. The maximum Gasteiger partial charge on any atom is 0.188 e. The number of ether oxygens (including phenoxy) is 1. The predicted octanol–water partition coefficient (Wildman–Crippen LogP) is 0.609. The molecule has 1 saturated heterocycles. The van der Waals surface area contributed by atoms with Crippen LogP contribution in [-0.4, -0.2) is 36.9 Å². The van der Waals surface area contributed by atoms with Gasteiger partial charge >= 0.3 is 0 Å². The van der Waals surface area contributed by atoms with Crippen LogP contribution in [-0.2, 0) is 11.2 Å². The molecule has 6 heteroatoms. The second-order valence-corrected chi connectivity index (χ2v) is 4.47. The van der Waals surface area contributed by atoms with Crippen molar-refractivity contribution >= 4 is 5.96 Å². The second kappa shape index (κ2) is 6.39. The van der Waals surface area contributed by atoms with E-state index in [1.165, 1.54) is 0 Å². The van der Waals surface area contributed by atoms with E-state index in [-0.39, 0.29) is 6.10 Å². The van der Waals surface area contributed by atoms with Crippen molar-refractivity contribution in [1.82, 2.24) is 10.5 Å². The maximum absolute atomic E-state index is 5.76. The molecule has 1 fully saturated rings. The van der Waals surface area contributed by atoms with Gasteiger partial charge in [-0.15, -0.1) is 0 Å². The Bertz CT molecular complexity index is 397. The number of hydrogen-bond donors (Lipinski definition) is 2. The van der Waals surface area contributed by atoms with Crippen molar-refractivity contribution in [2.24, 2.45) is 10.7 Å². The van der Waals surface area contributed by atoms with Crippen LogP contribution in [0, 0.1) is 6.92 Å². The predicted molar refractivity (Wildman–Crippen MR) is 68.4 cm³/mol. The van der Waals surface area contributed by atoms with E-state index in [1.807, 2.05) is 13.0 Å². The lowest BCUT2D eigenvalue weighted by Crippen LogP contribution is -2.34. The number of hydrogen-bond acceptors (Lipinski definition) is 4. The summed E-state index contributed by atoms with van der Waals surface area (Å²) in [5.41, 5.74) is 6.65. The van der Waals surface area contributed by atoms with E-state index in [1.54, 1.807) is 0 Å². The van der Waals surface area contributed by atoms with Crippen molar-refractivity contribution in [3.63, 3.8) is 0 Å². The monoisotopic (exact) mass is 252 g/mol. The Morgan fingerprint density at radius 3 is 3.22 bits per heavy atom. The molecule has 0 aliphatic carbocycles. The number of aromatic nitrogens is 1. The number of nitrogens with one attached hydrogen (secondary N) is 1. The van der Waals surface area contributed by atoms with Gasteiger partial charge in [-0.25, -0.2) is 0 Å². The summed E-state index contributed by atoms with van der Waals surface area (Å²) in [7, 11) is 0. The fourth-order valence-corrected chi connectivity index (χ4v) is 1.89. The molecule has 0 saturated carbocycles. The standard InChI is InChI=1S/C12H20N4O2/c1-9-7-10(18-16-9)4-5-14-12(13)15-8-11-3-2-6-17-11/h7,11H,2-6,8H2,1H3,(H3,13,14,15). The van der Waals surface area contributed by atoms with Gasteiger partial charge in [0, 0.05) is 25.6 Å². The molecule has 1 unspecified atom stereocenters. The number of rotatable bonds is 5. The third kappa shape index (κ3) is 4.03. The molecular formula is C12H20N4O2. The summed E-state index contributed by atoms with van der Waals surface area (Å²) in [6, 6.07) is 1.92. The molecule has 18 heavy (non-hydrogen) atoms. The van der Waals surface area contributed by atoms with Crippen LogP contribution in [0.3, 0.4) is 0 Å². The Balaban J connectivity index is 1.64. The van der Waals surface area contributed by atoms with Crippen molar-refractivity contribution in [2.75, 3.05) is 19.7 Å². The molecule has 2 heterocycles. The quantitative estimate of drug-likeness (QED) is 0.592. The van der Waals surface area contributed by atoms with Gasteiger partial charge in [-0.3, -0.25) is 4.99 Å². The number of nitrogens with two attached hydrogens (primary N) is 1. The molecule has 100 valence electrons. The van der Waals surface area contributed by atoms with Gasteiger partial charge in [-0.2, -0.15) is 0 Å². The molecular weight excluding hydrogens is 232 g/mol. The summed E-state index contributed by atoms with van der Waals surface area (Å²) >= 11 is 0. The normalized spacial score (nSPS) is 20.3. The Kier molecular flexibility index (Phi) is 4.58. The molecule has 1 atom stereocenters. The van der Waals surface area contributed by atoms with Gasteiger partial charge in [0.05, 0.1) is 18.3 Å². The Hall–Kier alpha value is -1.56. The highest BCUT2D eigenvalue weighted by Crippen LogP contribution is 2.11. The van der Waals surface area contributed by atoms with E-state index in [4.69, 9.17) is 15.0 Å². The van der Waals surface area contributed by atoms with Crippen LogP contribution in [0.2, 0.25) is 0 Å². The van der Waals surface area contributed by atoms with E-state index in [0.29, 0.717) is 19.0 Å². The average Bonchev–Trinajstić information content (AvgIpc) is 2.98. The van der Waals surface area contributed by atoms with Crippen molar-refractivity contribution in [3.8, 4) is 0 Å². The van der Waals surface area contributed by atoms with Gasteiger partial charge in [0.15, 0.2) is 5.96 Å². The van der Waals surface area contributed by atoms with Gasteiger partial charge in [0.1, 0.15) is 5.76 Å². The number of aliphatic imine (C=N–C) groups is 1. The van der Waals surface area contributed by atoms with Gasteiger partial charge in [0.2, 0.25) is 0 Å². The zero-order valence-electron chi connectivity index (χ0n) is 10.7. The van der Waals surface area contributed by atoms with E-state index >= 15 is 0 Å². The van der Waals surface area contributed by atoms with Crippen LogP contribution in [0.1, 0.15) is 24.3 Å². The maximum atomic E-state index is 5.76. The van der Waals surface area contributed by atoms with Gasteiger partial charge in [-0.1, -0.05) is 5.16 Å². The SMILES string of the molecule is Cc1cc(CCNC(N)=NCC2CCCO2)on1. The smallest absolute Gasteiger partial charge is 0.188 e. The highest BCUT2D eigenvalue weighted by molar-refractivity contribution is 5.77. The molecule has 2 rings (SSSR count). The van der Waals surface area contributed by atoms with Gasteiger partial charge in [0.25, 0.3) is 0 Å². The second-order valence-electron chi connectivity index (χ2n) is 4.47. The molecule has 0 bridgehead atoms. The molecule has 0 amide bonds. The lowest BCUT2D eigenvalue weighted by molar-refractivity contribution is 0.118. The molecule has 1 aliphatic heterocycles. The Morgan fingerprint density at radius 2 is 2.56 bits per heavy atom. The summed E-state index contributed by atoms with van der Waals surface area (Å²) in [5.74, 6) is 1.31. The third-order valence-corrected chi connectivity index (χ3v) is 2.84. The first-order valence-electron chi connectivity index (χ1n) is 6.31. The molecule has 3 N–H and O–H groups in total. The fourth-order valence-electron chi connectivity index (χ4n) is 1.89. The number of aryl methyl sites for hydroxylation is 1. The summed E-state index contributed by atoms with van der Waals surface area (Å²) in [5, 5.41) is 6.87. The number of nitrogens with zero attached hydrogens (tertiary/aromatic N) is 2. The lowest BCUT2D eigenvalue weighted by atomic mass is 10.2. The largest absolute Gasteiger partial charge is 0.376 e. The topological polar surface area (TPSA) is 85.7 Å². The first kappa shape index (κ1) is 12.9. The van der Waals surface area contributed by atoms with Gasteiger partial charge in [-0.05, 0) is 19.8 Å². The molecule has 0 aromatic carbocycles. The minimum Gasteiger partial charge on any atom is -0.376 e. The molecule has 6 nitrogen and oxygen atoms in total. The third-order valence-electron chi connectivity index (χ3n) is 2.84. The van der Waals surface area contributed by atoms with Crippen LogP contribution in [0.5, 0.6) is 0 Å². The zero-order chi connectivity index (χ0) is 12.8. The molecule has 0 radical (unpaired) electrons. The van der Waals surface area contributed by atoms with Crippen LogP contribution < -0.4 is 11.1 Å². The van der Waals surface area contributed by atoms with E-state index in [9.17, 15) is 0 Å². The minimum absolute atomic E-state index is 0.238. The van der Waals surface area contributed by atoms with Crippen molar-refractivity contribution in [2.45, 2.75) is 32.3 Å². The number of guanidine groups is 1. The van der Waals surface area contributed by atoms with E-state index in [2.05, 4.69) is 15.5 Å². The van der Waals surface area contributed by atoms with Crippen molar-refractivity contribution in [1.29, 1.82) is 0 Å². The first-order chi connectivity index (χ1) is 8.74. The molecule has 1 aromatic rings. The minimum atomic E-state index is 0.238. The summed E-state index contributed by atoms with van der Waals surface area (Å²) in [6.07, 6.45) is 3.19. The van der Waals surface area contributed by atoms with Gasteiger partial charge < -0.3 is 20.3 Å². The summed E-state index contributed by atoms with van der Waals surface area (Å²) in [4.78, 5) is 4.25. The summed E-state index contributed by atoms with van der Waals surface area (Å²) in [6.45, 7) is 4.08. The molecule has 1 aromatic heterocycles. The Labute approximate surface area is 107 Å². The fraction of sp³-hybridized carbons (Fsp3) is 0.667. The average molecular weight is 252 g/mol. The molecule has 0 spiro atoms. The van der Waals surface area contributed by atoms with Crippen LogP contribution >= 0.6 is 0 Å². The van der Waals surface area contributed by atoms with Crippen molar-refractivity contribution in [3.05, 3.63) is 17.5 Å².